The molecule has 6 nitrogen and oxygen atoms in total. The molecule has 1 fully saturated rings. The topological polar surface area (TPSA) is 70.4 Å². The van der Waals surface area contributed by atoms with Gasteiger partial charge in [-0.15, -0.1) is 0 Å². The Labute approximate surface area is 220 Å². The summed E-state index contributed by atoms with van der Waals surface area (Å²) in [6.45, 7) is 5.68. The monoisotopic (exact) mass is 514 g/mol. The summed E-state index contributed by atoms with van der Waals surface area (Å²) in [5, 5.41) is 6.94. The number of pyridine rings is 1. The number of thiocarbonyl (C=S) groups is 1. The zero-order valence-electron chi connectivity index (χ0n) is 20.7. The lowest BCUT2D eigenvalue weighted by Gasteiger charge is -2.27. The number of anilines is 2. The molecule has 4 aromatic rings. The molecule has 0 aliphatic carbocycles. The molecule has 37 heavy (non-hydrogen) atoms. The molecular formula is C29H27FN4O2S. The van der Waals surface area contributed by atoms with Crippen molar-refractivity contribution in [3.63, 3.8) is 0 Å². The number of aromatic nitrogens is 1. The summed E-state index contributed by atoms with van der Waals surface area (Å²) in [7, 11) is 0. The van der Waals surface area contributed by atoms with E-state index in [1.807, 2.05) is 74.2 Å². The van der Waals surface area contributed by atoms with Gasteiger partial charge in [-0.3, -0.25) is 9.78 Å². The van der Waals surface area contributed by atoms with Crippen LogP contribution < -0.4 is 15.5 Å². The molecule has 0 spiro atoms. The third-order valence-electron chi connectivity index (χ3n) is 6.42. The van der Waals surface area contributed by atoms with E-state index in [1.165, 1.54) is 12.1 Å². The van der Waals surface area contributed by atoms with Crippen LogP contribution in [0.1, 0.15) is 42.9 Å². The number of furan rings is 1. The maximum atomic E-state index is 13.5. The highest BCUT2D eigenvalue weighted by molar-refractivity contribution is 7.80. The molecule has 188 valence electrons. The van der Waals surface area contributed by atoms with Crippen LogP contribution in [0.25, 0.3) is 11.3 Å². The number of carbonyl (C=O) groups excluding carboxylic acids is 1. The number of rotatable bonds is 6. The second kappa shape index (κ2) is 10.1. The Bertz CT molecular complexity index is 1440. The number of halogens is 1. The molecule has 2 N–H and O–H groups in total. The van der Waals surface area contributed by atoms with Crippen LogP contribution in [0.5, 0.6) is 0 Å². The summed E-state index contributed by atoms with van der Waals surface area (Å²) in [5.74, 6) is 0.872. The minimum absolute atomic E-state index is 0.0359. The molecule has 2 atom stereocenters. The van der Waals surface area contributed by atoms with Gasteiger partial charge >= 0.3 is 0 Å². The molecule has 1 saturated heterocycles. The van der Waals surface area contributed by atoms with Crippen LogP contribution in [-0.2, 0) is 4.79 Å². The van der Waals surface area contributed by atoms with Gasteiger partial charge in [-0.05, 0) is 91.4 Å². The van der Waals surface area contributed by atoms with Crippen molar-refractivity contribution in [2.75, 3.05) is 10.2 Å². The van der Waals surface area contributed by atoms with Gasteiger partial charge in [0.2, 0.25) is 5.91 Å². The average Bonchev–Trinajstić information content (AvgIpc) is 3.51. The zero-order chi connectivity index (χ0) is 26.1. The van der Waals surface area contributed by atoms with Gasteiger partial charge in [-0.25, -0.2) is 4.39 Å². The molecule has 0 radical (unpaired) electrons. The van der Waals surface area contributed by atoms with E-state index in [0.717, 1.165) is 28.2 Å². The number of benzene rings is 2. The predicted octanol–water partition coefficient (Wildman–Crippen LogP) is 6.56. The normalized spacial score (nSPS) is 17.2. The van der Waals surface area contributed by atoms with Gasteiger partial charge in [0.1, 0.15) is 23.4 Å². The molecule has 1 amide bonds. The molecule has 5 rings (SSSR count). The maximum absolute atomic E-state index is 13.5. The zero-order valence-corrected chi connectivity index (χ0v) is 21.6. The summed E-state index contributed by atoms with van der Waals surface area (Å²) in [6.07, 6.45) is 1.75. The summed E-state index contributed by atoms with van der Waals surface area (Å²) >= 11 is 5.81. The largest absolute Gasteiger partial charge is 0.459 e. The average molecular weight is 515 g/mol. The van der Waals surface area contributed by atoms with Gasteiger partial charge in [-0.1, -0.05) is 19.9 Å². The highest BCUT2D eigenvalue weighted by Crippen LogP contribution is 2.43. The van der Waals surface area contributed by atoms with E-state index in [9.17, 15) is 9.18 Å². The molecule has 2 aromatic carbocycles. The summed E-state index contributed by atoms with van der Waals surface area (Å²) in [4.78, 5) is 18.8. The molecule has 0 bridgehead atoms. The fraction of sp³-hybridized carbons (Fsp3) is 0.207. The standard InChI is InChI=1S/C29H27FN4O2S/c1-17(2)28(35)32-22-12-11-21(16-18(22)3)34-27(26(33-29(34)37)23-6-4-5-15-31-23)25-14-13-24(36-25)19-7-9-20(30)10-8-19/h4-17,26-27H,1-3H3,(H,32,35)(H,33,37). The lowest BCUT2D eigenvalue weighted by atomic mass is 10.0. The Morgan fingerprint density at radius 1 is 1.11 bits per heavy atom. The van der Waals surface area contributed by atoms with Crippen LogP contribution >= 0.6 is 12.2 Å². The highest BCUT2D eigenvalue weighted by atomic mass is 32.1. The first kappa shape index (κ1) is 24.6. The quantitative estimate of drug-likeness (QED) is 0.284. The SMILES string of the molecule is Cc1cc(N2C(=S)NC(c3ccccn3)C2c2ccc(-c3ccc(F)cc3)o2)ccc1NC(=O)C(C)C. The van der Waals surface area contributed by atoms with Crippen molar-refractivity contribution >= 4 is 34.6 Å². The number of hydrogen-bond donors (Lipinski definition) is 2. The van der Waals surface area contributed by atoms with Crippen LogP contribution in [0.15, 0.2) is 83.4 Å². The van der Waals surface area contributed by atoms with Crippen LogP contribution in [0.2, 0.25) is 0 Å². The van der Waals surface area contributed by atoms with Crippen LogP contribution in [0.3, 0.4) is 0 Å². The van der Waals surface area contributed by atoms with Gasteiger partial charge in [0.25, 0.3) is 0 Å². The van der Waals surface area contributed by atoms with E-state index in [2.05, 4.69) is 15.6 Å². The Hall–Kier alpha value is -4.04. The fourth-order valence-corrected chi connectivity index (χ4v) is 4.76. The number of carbonyl (C=O) groups is 1. The van der Waals surface area contributed by atoms with Crippen molar-refractivity contribution in [2.45, 2.75) is 32.9 Å². The van der Waals surface area contributed by atoms with Crippen molar-refractivity contribution in [1.82, 2.24) is 10.3 Å². The summed E-state index contributed by atoms with van der Waals surface area (Å²) in [6, 6.07) is 21.0. The lowest BCUT2D eigenvalue weighted by Crippen LogP contribution is -2.29. The van der Waals surface area contributed by atoms with Gasteiger partial charge in [0, 0.05) is 29.1 Å². The lowest BCUT2D eigenvalue weighted by molar-refractivity contribution is -0.118. The predicted molar refractivity (Wildman–Crippen MR) is 147 cm³/mol. The van der Waals surface area contributed by atoms with Gasteiger partial charge in [0.15, 0.2) is 5.11 Å². The van der Waals surface area contributed by atoms with Crippen molar-refractivity contribution in [3.8, 4) is 11.3 Å². The van der Waals surface area contributed by atoms with Crippen LogP contribution in [0, 0.1) is 18.7 Å². The molecule has 2 unspecified atom stereocenters. The summed E-state index contributed by atoms with van der Waals surface area (Å²) < 4.78 is 19.8. The molecule has 3 heterocycles. The highest BCUT2D eigenvalue weighted by Gasteiger charge is 2.42. The number of nitrogens with zero attached hydrogens (tertiary/aromatic N) is 2. The van der Waals surface area contributed by atoms with E-state index in [0.29, 0.717) is 16.6 Å². The van der Waals surface area contributed by atoms with E-state index in [4.69, 9.17) is 16.6 Å². The molecule has 8 heteroatoms. The van der Waals surface area contributed by atoms with Crippen molar-refractivity contribution in [3.05, 3.63) is 102 Å². The maximum Gasteiger partial charge on any atom is 0.226 e. The third kappa shape index (κ3) is 4.97. The van der Waals surface area contributed by atoms with Crippen LogP contribution in [-0.4, -0.2) is 16.0 Å². The van der Waals surface area contributed by atoms with Crippen molar-refractivity contribution in [2.24, 2.45) is 5.92 Å². The second-order valence-corrected chi connectivity index (χ2v) is 9.74. The Kier molecular flexibility index (Phi) is 6.76. The minimum atomic E-state index is -0.327. The molecular weight excluding hydrogens is 487 g/mol. The van der Waals surface area contributed by atoms with Gasteiger partial charge < -0.3 is 20.0 Å². The van der Waals surface area contributed by atoms with E-state index in [1.54, 1.807) is 18.3 Å². The Balaban J connectivity index is 1.54. The van der Waals surface area contributed by atoms with Crippen LogP contribution in [0.4, 0.5) is 15.8 Å². The van der Waals surface area contributed by atoms with Gasteiger partial charge in [-0.2, -0.15) is 0 Å². The number of nitrogens with one attached hydrogen (secondary N) is 2. The molecule has 2 aromatic heterocycles. The smallest absolute Gasteiger partial charge is 0.226 e. The second-order valence-electron chi connectivity index (χ2n) is 9.35. The molecule has 0 saturated carbocycles. The number of amides is 1. The third-order valence-corrected chi connectivity index (χ3v) is 6.73. The molecule has 1 aliphatic heterocycles. The summed E-state index contributed by atoms with van der Waals surface area (Å²) in [5.41, 5.74) is 4.15. The first-order valence-corrected chi connectivity index (χ1v) is 12.5. The van der Waals surface area contributed by atoms with Crippen molar-refractivity contribution < 1.29 is 13.6 Å². The van der Waals surface area contributed by atoms with E-state index in [-0.39, 0.29) is 29.7 Å². The first-order chi connectivity index (χ1) is 17.8. The Morgan fingerprint density at radius 2 is 1.89 bits per heavy atom. The number of hydrogen-bond acceptors (Lipinski definition) is 4. The first-order valence-electron chi connectivity index (χ1n) is 12.1. The Morgan fingerprint density at radius 3 is 2.57 bits per heavy atom. The number of aryl methyl sites for hydroxylation is 1. The minimum Gasteiger partial charge on any atom is -0.459 e. The van der Waals surface area contributed by atoms with Gasteiger partial charge in [0.05, 0.1) is 11.7 Å². The van der Waals surface area contributed by atoms with E-state index < -0.39 is 0 Å². The van der Waals surface area contributed by atoms with E-state index >= 15 is 0 Å². The van der Waals surface area contributed by atoms with Crippen molar-refractivity contribution in [1.29, 1.82) is 0 Å². The molecule has 1 aliphatic rings. The fourth-order valence-electron chi connectivity index (χ4n) is 4.42.